The number of aliphatic carboxylic acids is 1. The minimum Gasteiger partial charge on any atom is -0.626 e. The predicted octanol–water partition coefficient (Wildman–Crippen LogP) is 23.3. The van der Waals surface area contributed by atoms with Crippen molar-refractivity contribution in [3.8, 4) is 0 Å². The fourth-order valence-electron chi connectivity index (χ4n) is 17.6. The van der Waals surface area contributed by atoms with Gasteiger partial charge >= 0.3 is 65.9 Å². The molecule has 0 unspecified atom stereocenters. The van der Waals surface area contributed by atoms with E-state index in [0.717, 1.165) is 130 Å². The van der Waals surface area contributed by atoms with Crippen LogP contribution in [0, 0.1) is 11.8 Å². The number of carbonyl (C=O) groups excluding carboxylic acids is 8. The van der Waals surface area contributed by atoms with Crippen molar-refractivity contribution in [2.75, 3.05) is 24.7 Å². The molecule has 5 saturated heterocycles. The van der Waals surface area contributed by atoms with Crippen LogP contribution >= 0.6 is 31.9 Å². The topological polar surface area (TPSA) is 274 Å². The van der Waals surface area contributed by atoms with Gasteiger partial charge in [0.2, 0.25) is 11.8 Å². The number of aliphatic hydroxyl groups excluding tert-OH is 1. The second-order valence-corrected chi connectivity index (χ2v) is 41.0. The molecule has 138 heavy (non-hydrogen) atoms. The number of nitrogens with zero attached hydrogens (tertiary/aromatic N) is 7. The molecule has 5 fully saturated rings. The van der Waals surface area contributed by atoms with Crippen LogP contribution in [0.25, 0.3) is 16.5 Å². The average Bonchev–Trinajstić information content (AvgIpc) is 1.94. The van der Waals surface area contributed by atoms with Crippen LogP contribution in [0.15, 0.2) is 231 Å². The summed E-state index contributed by atoms with van der Waals surface area (Å²) in [5, 5.41) is 20.9. The van der Waals surface area contributed by atoms with Crippen molar-refractivity contribution >= 4 is 108 Å². The number of rotatable bonds is 29. The summed E-state index contributed by atoms with van der Waals surface area (Å²) < 4.78 is 28.9. The Morgan fingerprint density at radius 3 is 1.22 bits per heavy atom. The Bertz CT molecular complexity index is 4820. The largest absolute Gasteiger partial charge is 1.00 e. The summed E-state index contributed by atoms with van der Waals surface area (Å²) in [6.45, 7) is 57.8. The van der Waals surface area contributed by atoms with Crippen LogP contribution in [0.3, 0.4) is 0 Å². The summed E-state index contributed by atoms with van der Waals surface area (Å²) in [6, 6.07) is 32.8. The third-order valence-electron chi connectivity index (χ3n) is 23.7. The van der Waals surface area contributed by atoms with Crippen LogP contribution < -0.4 is 34.5 Å². The molecule has 750 valence electrons. The zero-order chi connectivity index (χ0) is 102. The van der Waals surface area contributed by atoms with E-state index in [2.05, 4.69) is 149 Å². The molecule has 7 aliphatic rings. The Kier molecular flexibility index (Phi) is 52.3. The van der Waals surface area contributed by atoms with E-state index in [-0.39, 0.29) is 132 Å². The van der Waals surface area contributed by atoms with Crippen molar-refractivity contribution in [2.45, 2.75) is 335 Å². The molecule has 4 aromatic carbocycles. The molecule has 0 radical (unpaired) electrons. The summed E-state index contributed by atoms with van der Waals surface area (Å²) in [6.07, 6.45) is 42.0. The molecule has 0 aromatic heterocycles. The van der Waals surface area contributed by atoms with Gasteiger partial charge in [0, 0.05) is 70.6 Å². The Morgan fingerprint density at radius 1 is 0.464 bits per heavy atom. The van der Waals surface area contributed by atoms with Gasteiger partial charge in [0.15, 0.2) is 0 Å². The Balaban J connectivity index is 0.000000345. The molecule has 4 aromatic rings. The van der Waals surface area contributed by atoms with Crippen molar-refractivity contribution < 1.29 is 107 Å². The molecule has 0 spiro atoms. The van der Waals surface area contributed by atoms with E-state index in [9.17, 15) is 43.2 Å². The zero-order valence-electron chi connectivity index (χ0n) is 85.6. The van der Waals surface area contributed by atoms with Crippen molar-refractivity contribution in [1.29, 1.82) is 0 Å². The molecular weight excluding hydrogens is 1880 g/mol. The number of ether oxygens (including phenoxy) is 5. The summed E-state index contributed by atoms with van der Waals surface area (Å²) in [4.78, 5) is 119. The summed E-state index contributed by atoms with van der Waals surface area (Å²) in [5.41, 5.74) is 7.71. The first-order chi connectivity index (χ1) is 64.7. The predicted molar refractivity (Wildman–Crippen MR) is 560 cm³/mol. The van der Waals surface area contributed by atoms with Crippen LogP contribution in [0.2, 0.25) is 0 Å². The van der Waals surface area contributed by atoms with Crippen LogP contribution in [0.4, 0.5) is 30.6 Å². The van der Waals surface area contributed by atoms with Gasteiger partial charge in [-0.25, -0.2) is 24.0 Å². The van der Waals surface area contributed by atoms with Gasteiger partial charge in [-0.3, -0.25) is 29.1 Å². The fourth-order valence-corrected chi connectivity index (χ4v) is 18.5. The van der Waals surface area contributed by atoms with Crippen LogP contribution in [0.5, 0.6) is 0 Å². The minimum atomic E-state index is -0.759. The number of para-hydroxylation sites is 2. The van der Waals surface area contributed by atoms with Crippen molar-refractivity contribution in [3.05, 3.63) is 259 Å². The number of carboxylic acids is 1. The van der Waals surface area contributed by atoms with Gasteiger partial charge in [0.25, 0.3) is 0 Å². The molecule has 2 N–H and O–H groups in total. The fraction of sp³-hybridized carbons (Fsp3) is 0.509. The molecule has 11 rings (SSSR count). The number of allylic oxidation sites excluding steroid dienone is 4. The third kappa shape index (κ3) is 39.8. The van der Waals surface area contributed by atoms with E-state index in [1.165, 1.54) is 45.2 Å². The van der Waals surface area contributed by atoms with Crippen LogP contribution in [0.1, 0.15) is 262 Å². The molecule has 5 heterocycles. The number of hydrogen-bond acceptors (Lipinski definition) is 15. The SMILES string of the molecule is C=CC[C@H](C)C(=O)O.C=CC[C@H]1CC[C@@H](/C=C/CN(C(C)=O)c2ccccc2Br)N1C(=O)OC(C)(C)C.C=CC[C@H]1CC[C@@H](/C=C/CO)N1C(=O)OC(C)(C)C.C=CC[C@H]1CC[C@@H](C(=O)OCC)N1C(=O)OC(C)(C)C.C=CC[C@H]1CC[C@@H](CC2=CCc3ccccc32)N1C(=O)OC(C)(C)C.C=CC[C@H]1CC[C@@H](CC2=CCc3ccccc32)N1C(=O)[C@@H](C)CC=C.CC(=O)[N-]c1ccccc1Br.[Na+]. The number of anilines is 1. The molecule has 23 nitrogen and oxygen atoms in total. The number of amides is 7. The van der Waals surface area contributed by atoms with E-state index >= 15 is 0 Å². The van der Waals surface area contributed by atoms with Gasteiger partial charge in [0.05, 0.1) is 42.8 Å². The van der Waals surface area contributed by atoms with Gasteiger partial charge in [0.1, 0.15) is 28.4 Å². The number of fused-ring (bicyclic) bond motifs is 2. The first kappa shape index (κ1) is 121. The van der Waals surface area contributed by atoms with E-state index in [1.807, 2.05) is 191 Å². The smallest absolute Gasteiger partial charge is 0.626 e. The van der Waals surface area contributed by atoms with E-state index in [4.69, 9.17) is 33.9 Å². The van der Waals surface area contributed by atoms with Gasteiger partial charge in [-0.15, -0.1) is 51.7 Å². The van der Waals surface area contributed by atoms with Crippen molar-refractivity contribution in [2.24, 2.45) is 11.8 Å². The second-order valence-electron chi connectivity index (χ2n) is 39.3. The number of carbonyl (C=O) groups is 9. The quantitative estimate of drug-likeness (QED) is 0.0221. The van der Waals surface area contributed by atoms with Crippen LogP contribution in [-0.4, -0.2) is 191 Å². The summed E-state index contributed by atoms with van der Waals surface area (Å²) in [5.74, 6) is -1.34. The van der Waals surface area contributed by atoms with Gasteiger partial charge in [-0.2, -0.15) is 0 Å². The Labute approximate surface area is 863 Å². The van der Waals surface area contributed by atoms with Gasteiger partial charge in [-0.05, 0) is 299 Å². The molecule has 0 saturated carbocycles. The average molecular weight is 2040 g/mol. The summed E-state index contributed by atoms with van der Waals surface area (Å²) >= 11 is 6.79. The van der Waals surface area contributed by atoms with Crippen LogP contribution in [-0.2, 0) is 60.5 Å². The number of esters is 1. The Morgan fingerprint density at radius 2 is 0.826 bits per heavy atom. The number of hydrogen-bond donors (Lipinski definition) is 2. The second kappa shape index (κ2) is 59.8. The van der Waals surface area contributed by atoms with E-state index in [0.29, 0.717) is 50.2 Å². The molecule has 0 bridgehead atoms. The van der Waals surface area contributed by atoms with Gasteiger partial charge < -0.3 is 58.7 Å². The number of halogens is 2. The molecule has 2 aliphatic carbocycles. The number of carboxylic acid groups (broad SMARTS) is 1. The molecule has 12 atom stereocenters. The van der Waals surface area contributed by atoms with E-state index in [1.54, 1.807) is 54.9 Å². The number of benzene rings is 4. The van der Waals surface area contributed by atoms with Gasteiger partial charge in [-0.1, -0.05) is 188 Å². The summed E-state index contributed by atoms with van der Waals surface area (Å²) in [7, 11) is 0. The monoisotopic (exact) mass is 2040 g/mol. The Hall–Kier alpha value is -9.63. The molecule has 26 heteroatoms. The molecule has 7 amide bonds. The van der Waals surface area contributed by atoms with Crippen molar-refractivity contribution in [1.82, 2.24) is 24.5 Å². The first-order valence-corrected chi connectivity index (χ1v) is 49.8. The number of aliphatic hydroxyl groups is 1. The third-order valence-corrected chi connectivity index (χ3v) is 25.0. The first-order valence-electron chi connectivity index (χ1n) is 48.3. The van der Waals surface area contributed by atoms with E-state index < -0.39 is 40.5 Å². The molecular formula is C112H156Br2N7NaO16. The zero-order valence-corrected chi connectivity index (χ0v) is 90.8. The maximum atomic E-state index is 13.1. The normalized spacial score (nSPS) is 20.4. The molecule has 5 aliphatic heterocycles. The standard InChI is InChI=1S/C23H31BrN2O3.C23H29NO.C22H29NO2.C15H25NO4.C15H25NO3.C8H8BrNO.C6H10O2.Na/c1-6-10-18-14-15-19(26(18)22(28)29-23(3,4)5)11-9-16-25(17(2)27)21-13-8-7-12-20(21)24;1-4-8-17(3)23(25)24-20(9-5-2)14-15-21(24)16-19-13-12-18-10-6-7-11-22(18)19;1-5-8-18-13-14-19(23(18)21(24)25-22(2,3)4)15-17-12-11-16-9-6-7-10-20(16)17;1-6-8-11-9-10-12(13(17)19-7-2)16(11)14(18)20-15(3,4)5;1-5-7-12-9-10-13(8-6-11-17)16(12)14(18)19-15(2,3)4;1-6(11)10-8-5-3-2-4-7(8)9;1-3-4-5(2)6(7)8;/h6-9,11-13,18-19H,1,10,14-16H2,2-5H3;4-7,10-11,13,17,20-21H,1-2,8-9,12,14-16H2,3H3;5-7,9-10,12,18-19H,1,8,11,13-15H2,2-4H3;6,11-12H,1,7-10H2,2-5H3;5-6,8,12-13,17H,1,7,9-11H2,2-4H3;2-5H,1H3,(H,10,11);3,5H,1,4H2,2H3,(H,7,8);/q;;;;;;;+1/p-1/b11-9+;;;;8-6+;;;/t18-,19+;17-,20-,21-;18-,19-;11-,12-;12-,13+;;5-;/m00000.0./s1. The number of likely N-dealkylation sites (tertiary alicyclic amines) is 5. The maximum Gasteiger partial charge on any atom is 1.00 e. The minimum absolute atomic E-state index is 0. The maximum absolute atomic E-state index is 13.1. The van der Waals surface area contributed by atoms with Crippen molar-refractivity contribution in [3.63, 3.8) is 0 Å².